The summed E-state index contributed by atoms with van der Waals surface area (Å²) in [5.41, 5.74) is 3.56. The lowest BCUT2D eigenvalue weighted by atomic mass is 10.0. The Balaban J connectivity index is 2.04. The molecule has 2 aromatic rings. The molecule has 1 heterocycles. The predicted octanol–water partition coefficient (Wildman–Crippen LogP) is 4.17. The van der Waals surface area contributed by atoms with Gasteiger partial charge in [-0.15, -0.1) is 0 Å². The number of anilines is 1. The van der Waals surface area contributed by atoms with Crippen LogP contribution >= 0.6 is 11.6 Å². The summed E-state index contributed by atoms with van der Waals surface area (Å²) in [6.07, 6.45) is 1.72. The number of hydrogen-bond donors (Lipinski definition) is 1. The third-order valence-corrected chi connectivity index (χ3v) is 3.23. The van der Waals surface area contributed by atoms with Gasteiger partial charge in [0.15, 0.2) is 0 Å². The van der Waals surface area contributed by atoms with Crippen LogP contribution in [0.3, 0.4) is 0 Å². The maximum absolute atomic E-state index is 5.79. The number of aryl methyl sites for hydroxylation is 1. The second kappa shape index (κ2) is 6.02. The van der Waals surface area contributed by atoms with Crippen LogP contribution in [0.1, 0.15) is 36.5 Å². The highest BCUT2D eigenvalue weighted by Gasteiger charge is 2.03. The molecule has 0 bridgehead atoms. The third-order valence-electron chi connectivity index (χ3n) is 3.05. The molecule has 4 heteroatoms. The lowest BCUT2D eigenvalue weighted by Gasteiger charge is -2.10. The van der Waals surface area contributed by atoms with Gasteiger partial charge < -0.3 is 5.32 Å². The van der Waals surface area contributed by atoms with Crippen molar-refractivity contribution in [3.63, 3.8) is 0 Å². The molecule has 1 aromatic heterocycles. The van der Waals surface area contributed by atoms with Crippen LogP contribution in [0.4, 0.5) is 5.82 Å². The van der Waals surface area contributed by atoms with Crippen LogP contribution in [0.25, 0.3) is 0 Å². The molecule has 0 radical (unpaired) electrons. The SMILES string of the molecule is Cc1cnc(Cl)nc1NCc1ccc(C(C)C)cc1. The fourth-order valence-electron chi connectivity index (χ4n) is 1.81. The molecule has 0 saturated carbocycles. The maximum Gasteiger partial charge on any atom is 0.224 e. The zero-order chi connectivity index (χ0) is 13.8. The van der Waals surface area contributed by atoms with Gasteiger partial charge in [-0.3, -0.25) is 0 Å². The summed E-state index contributed by atoms with van der Waals surface area (Å²) < 4.78 is 0. The molecule has 0 aliphatic rings. The lowest BCUT2D eigenvalue weighted by molar-refractivity contribution is 0.865. The van der Waals surface area contributed by atoms with Gasteiger partial charge in [0.05, 0.1) is 0 Å². The van der Waals surface area contributed by atoms with E-state index in [1.165, 1.54) is 11.1 Å². The minimum atomic E-state index is 0.267. The topological polar surface area (TPSA) is 37.8 Å². The molecule has 100 valence electrons. The Morgan fingerprint density at radius 1 is 1.21 bits per heavy atom. The highest BCUT2D eigenvalue weighted by molar-refractivity contribution is 6.28. The largest absolute Gasteiger partial charge is 0.366 e. The molecule has 0 aliphatic carbocycles. The molecule has 19 heavy (non-hydrogen) atoms. The van der Waals surface area contributed by atoms with Crippen molar-refractivity contribution in [3.8, 4) is 0 Å². The quantitative estimate of drug-likeness (QED) is 0.851. The number of benzene rings is 1. The van der Waals surface area contributed by atoms with Gasteiger partial charge in [-0.25, -0.2) is 9.97 Å². The first-order valence-electron chi connectivity index (χ1n) is 6.38. The molecule has 1 aromatic carbocycles. The van der Waals surface area contributed by atoms with Gasteiger partial charge in [-0.05, 0) is 35.6 Å². The van der Waals surface area contributed by atoms with Crippen LogP contribution in [0, 0.1) is 6.92 Å². The van der Waals surface area contributed by atoms with E-state index in [0.717, 1.165) is 17.9 Å². The van der Waals surface area contributed by atoms with Gasteiger partial charge in [0.1, 0.15) is 5.82 Å². The molecule has 0 saturated heterocycles. The van der Waals surface area contributed by atoms with Crippen LogP contribution < -0.4 is 5.32 Å². The molecule has 0 atom stereocenters. The van der Waals surface area contributed by atoms with Crippen LogP contribution in [-0.2, 0) is 6.54 Å². The van der Waals surface area contributed by atoms with E-state index in [-0.39, 0.29) is 5.28 Å². The average molecular weight is 276 g/mol. The number of halogens is 1. The Labute approximate surface area is 119 Å². The van der Waals surface area contributed by atoms with E-state index < -0.39 is 0 Å². The molecule has 3 nitrogen and oxygen atoms in total. The fraction of sp³-hybridized carbons (Fsp3) is 0.333. The van der Waals surface area contributed by atoms with Gasteiger partial charge in [0.25, 0.3) is 0 Å². The molecule has 1 N–H and O–H groups in total. The maximum atomic E-state index is 5.79. The average Bonchev–Trinajstić information content (AvgIpc) is 2.40. The lowest BCUT2D eigenvalue weighted by Crippen LogP contribution is -2.04. The minimum absolute atomic E-state index is 0.267. The molecule has 0 fully saturated rings. The molecule has 0 aliphatic heterocycles. The van der Waals surface area contributed by atoms with Crippen molar-refractivity contribution in [2.24, 2.45) is 0 Å². The summed E-state index contributed by atoms with van der Waals surface area (Å²) in [4.78, 5) is 8.12. The molecule has 2 rings (SSSR count). The summed E-state index contributed by atoms with van der Waals surface area (Å²) in [5.74, 6) is 1.35. The number of hydrogen-bond acceptors (Lipinski definition) is 3. The van der Waals surface area contributed by atoms with Crippen molar-refractivity contribution in [2.75, 3.05) is 5.32 Å². The van der Waals surface area contributed by atoms with Crippen molar-refractivity contribution >= 4 is 17.4 Å². The van der Waals surface area contributed by atoms with Crippen LogP contribution in [0.5, 0.6) is 0 Å². The summed E-state index contributed by atoms with van der Waals surface area (Å²) in [6.45, 7) is 7.08. The van der Waals surface area contributed by atoms with Crippen molar-refractivity contribution in [1.82, 2.24) is 9.97 Å². The first-order valence-corrected chi connectivity index (χ1v) is 6.76. The van der Waals surface area contributed by atoms with E-state index in [1.807, 2.05) is 6.92 Å². The van der Waals surface area contributed by atoms with E-state index in [4.69, 9.17) is 11.6 Å². The van der Waals surface area contributed by atoms with Crippen LogP contribution in [0.15, 0.2) is 30.5 Å². The Morgan fingerprint density at radius 3 is 2.53 bits per heavy atom. The third kappa shape index (κ3) is 3.67. The number of nitrogens with zero attached hydrogens (tertiary/aromatic N) is 2. The zero-order valence-electron chi connectivity index (χ0n) is 11.4. The summed E-state index contributed by atoms with van der Waals surface area (Å²) in [6, 6.07) is 8.61. The van der Waals surface area contributed by atoms with Gasteiger partial charge >= 0.3 is 0 Å². The Morgan fingerprint density at radius 2 is 1.89 bits per heavy atom. The van der Waals surface area contributed by atoms with Gasteiger partial charge in [0, 0.05) is 18.3 Å². The Hall–Kier alpha value is -1.61. The zero-order valence-corrected chi connectivity index (χ0v) is 12.2. The smallest absolute Gasteiger partial charge is 0.224 e. The van der Waals surface area contributed by atoms with E-state index in [9.17, 15) is 0 Å². The predicted molar refractivity (Wildman–Crippen MR) is 79.6 cm³/mol. The van der Waals surface area contributed by atoms with Crippen LogP contribution in [-0.4, -0.2) is 9.97 Å². The van der Waals surface area contributed by atoms with E-state index in [0.29, 0.717) is 5.92 Å². The van der Waals surface area contributed by atoms with E-state index in [1.54, 1.807) is 6.20 Å². The van der Waals surface area contributed by atoms with E-state index >= 15 is 0 Å². The number of rotatable bonds is 4. The molecule has 0 spiro atoms. The van der Waals surface area contributed by atoms with Gasteiger partial charge in [-0.1, -0.05) is 38.1 Å². The molecular formula is C15H18ClN3. The fourth-order valence-corrected chi connectivity index (χ4v) is 1.94. The highest BCUT2D eigenvalue weighted by Crippen LogP contribution is 2.17. The van der Waals surface area contributed by atoms with E-state index in [2.05, 4.69) is 53.4 Å². The molecular weight excluding hydrogens is 258 g/mol. The van der Waals surface area contributed by atoms with Crippen molar-refractivity contribution in [1.29, 1.82) is 0 Å². The van der Waals surface area contributed by atoms with Crippen LogP contribution in [0.2, 0.25) is 5.28 Å². The number of aromatic nitrogens is 2. The monoisotopic (exact) mass is 275 g/mol. The summed E-state index contributed by atoms with van der Waals surface area (Å²) >= 11 is 5.79. The Bertz CT molecular complexity index is 550. The first-order chi connectivity index (χ1) is 9.06. The second-order valence-electron chi connectivity index (χ2n) is 4.92. The van der Waals surface area contributed by atoms with Crippen molar-refractivity contribution < 1.29 is 0 Å². The summed E-state index contributed by atoms with van der Waals surface area (Å²) in [7, 11) is 0. The highest BCUT2D eigenvalue weighted by atomic mass is 35.5. The second-order valence-corrected chi connectivity index (χ2v) is 5.26. The molecule has 0 unspecified atom stereocenters. The first kappa shape index (κ1) is 13.8. The minimum Gasteiger partial charge on any atom is -0.366 e. The molecule has 0 amide bonds. The summed E-state index contributed by atoms with van der Waals surface area (Å²) in [5, 5.41) is 3.55. The van der Waals surface area contributed by atoms with Crippen molar-refractivity contribution in [2.45, 2.75) is 33.2 Å². The van der Waals surface area contributed by atoms with Crippen molar-refractivity contribution in [3.05, 3.63) is 52.4 Å². The normalized spacial score (nSPS) is 10.8. The standard InChI is InChI=1S/C15H18ClN3/c1-10(2)13-6-4-12(5-7-13)9-17-14-11(3)8-18-15(16)19-14/h4-8,10H,9H2,1-3H3,(H,17,18,19). The van der Waals surface area contributed by atoms with Gasteiger partial charge in [-0.2, -0.15) is 0 Å². The number of nitrogens with one attached hydrogen (secondary N) is 1. The Kier molecular flexibility index (Phi) is 4.38. The van der Waals surface area contributed by atoms with Gasteiger partial charge in [0.2, 0.25) is 5.28 Å².